The molecule has 0 bridgehead atoms. The fourth-order valence-electron chi connectivity index (χ4n) is 3.55. The minimum Gasteiger partial charge on any atom is -0.504 e. The molecule has 0 fully saturated rings. The Morgan fingerprint density at radius 2 is 1.96 bits per heavy atom. The van der Waals surface area contributed by atoms with Crippen LogP contribution in [0.15, 0.2) is 36.4 Å². The van der Waals surface area contributed by atoms with Crippen LogP contribution in [0.2, 0.25) is 0 Å². The van der Waals surface area contributed by atoms with Crippen molar-refractivity contribution in [3.05, 3.63) is 53.1 Å². The number of halogens is 1. The second-order valence-corrected chi connectivity index (χ2v) is 7.28. The van der Waals surface area contributed by atoms with E-state index in [2.05, 4.69) is 0 Å². The maximum atomic E-state index is 13.2. The minimum absolute atomic E-state index is 0.0638. The molecule has 0 saturated heterocycles. The number of benzene rings is 2. The van der Waals surface area contributed by atoms with Gasteiger partial charge in [-0.25, -0.2) is 0 Å². The molecule has 6 nitrogen and oxygen atoms in total. The molecule has 4 rings (SSSR count). The van der Waals surface area contributed by atoms with E-state index in [1.54, 1.807) is 8.01 Å². The number of phenols is 1. The zero-order valence-electron chi connectivity index (χ0n) is 13.5. The lowest BCUT2D eigenvalue weighted by Crippen LogP contribution is -2.52. The van der Waals surface area contributed by atoms with Crippen molar-refractivity contribution in [2.45, 2.75) is 25.2 Å². The number of nitrogens with zero attached hydrogens (tertiary/aromatic N) is 2. The standard InChI is InChI=1S/C18H17IN2O4/c1-25-16-7-12-13(8-15(16)22)21(19)18(24)14-6-10-4-2-3-5-11(10)9-20(14)17(12)23/h2-5,7-8,14,18,22,24H,6,9H2,1H3/t14-,18-/m0/s1. The third-order valence-corrected chi connectivity index (χ3v) is 5.97. The Morgan fingerprint density at radius 1 is 1.24 bits per heavy atom. The highest BCUT2D eigenvalue weighted by Crippen LogP contribution is 2.41. The first-order valence-electron chi connectivity index (χ1n) is 7.93. The molecule has 2 aliphatic rings. The van der Waals surface area contributed by atoms with Crippen molar-refractivity contribution in [1.29, 1.82) is 0 Å². The van der Waals surface area contributed by atoms with E-state index in [1.165, 1.54) is 19.2 Å². The van der Waals surface area contributed by atoms with Gasteiger partial charge in [0.2, 0.25) is 0 Å². The van der Waals surface area contributed by atoms with Crippen molar-refractivity contribution < 1.29 is 19.7 Å². The van der Waals surface area contributed by atoms with Gasteiger partial charge in [0.25, 0.3) is 5.91 Å². The molecule has 130 valence electrons. The van der Waals surface area contributed by atoms with Crippen molar-refractivity contribution in [1.82, 2.24) is 4.90 Å². The van der Waals surface area contributed by atoms with Crippen LogP contribution in [-0.2, 0) is 13.0 Å². The summed E-state index contributed by atoms with van der Waals surface area (Å²) in [5, 5.41) is 21.0. The highest BCUT2D eigenvalue weighted by atomic mass is 127. The molecule has 2 N–H and O–H groups in total. The number of phenolic OH excluding ortho intramolecular Hbond substituents is 1. The van der Waals surface area contributed by atoms with Gasteiger partial charge in [-0.3, -0.25) is 7.91 Å². The van der Waals surface area contributed by atoms with Gasteiger partial charge in [0.05, 0.1) is 47.3 Å². The lowest BCUT2D eigenvalue weighted by Gasteiger charge is -2.39. The number of anilines is 1. The molecule has 25 heavy (non-hydrogen) atoms. The van der Waals surface area contributed by atoms with Crippen molar-refractivity contribution >= 4 is 34.5 Å². The summed E-state index contributed by atoms with van der Waals surface area (Å²) in [6, 6.07) is 10.6. The van der Waals surface area contributed by atoms with Crippen LogP contribution in [0, 0.1) is 0 Å². The number of aromatic hydroxyl groups is 1. The molecular formula is C18H17IN2O4. The van der Waals surface area contributed by atoms with E-state index in [1.807, 2.05) is 47.1 Å². The lowest BCUT2D eigenvalue weighted by molar-refractivity contribution is 0.0370. The summed E-state index contributed by atoms with van der Waals surface area (Å²) in [4.78, 5) is 14.9. The van der Waals surface area contributed by atoms with Gasteiger partial charge >= 0.3 is 0 Å². The molecule has 2 aliphatic heterocycles. The number of methoxy groups -OCH3 is 1. The number of rotatable bonds is 1. The van der Waals surface area contributed by atoms with Gasteiger partial charge < -0.3 is 19.8 Å². The second-order valence-electron chi connectivity index (χ2n) is 6.24. The van der Waals surface area contributed by atoms with Gasteiger partial charge in [0, 0.05) is 12.6 Å². The molecule has 2 heterocycles. The monoisotopic (exact) mass is 452 g/mol. The maximum Gasteiger partial charge on any atom is 0.256 e. The Morgan fingerprint density at radius 3 is 2.68 bits per heavy atom. The van der Waals surface area contributed by atoms with Crippen LogP contribution in [0.3, 0.4) is 0 Å². The Hall–Kier alpha value is -2.00. The second kappa shape index (κ2) is 6.06. The number of carbonyl (C=O) groups is 1. The molecule has 2 atom stereocenters. The number of hydrogen-bond donors (Lipinski definition) is 2. The number of aliphatic hydroxyl groups is 1. The Balaban J connectivity index is 1.85. The summed E-state index contributed by atoms with van der Waals surface area (Å²) >= 11 is 1.99. The van der Waals surface area contributed by atoms with E-state index < -0.39 is 6.23 Å². The molecule has 0 aliphatic carbocycles. The maximum absolute atomic E-state index is 13.2. The smallest absolute Gasteiger partial charge is 0.256 e. The molecule has 2 aromatic carbocycles. The number of carbonyl (C=O) groups excluding carboxylic acids is 1. The fraction of sp³-hybridized carbons (Fsp3) is 0.278. The van der Waals surface area contributed by atoms with Crippen LogP contribution >= 0.6 is 22.9 Å². The number of fused-ring (bicyclic) bond motifs is 3. The predicted molar refractivity (Wildman–Crippen MR) is 101 cm³/mol. The van der Waals surface area contributed by atoms with E-state index in [9.17, 15) is 15.0 Å². The fourth-order valence-corrected chi connectivity index (χ4v) is 4.32. The summed E-state index contributed by atoms with van der Waals surface area (Å²) in [6.45, 7) is 0.448. The van der Waals surface area contributed by atoms with Gasteiger partial charge in [-0.2, -0.15) is 0 Å². The average molecular weight is 452 g/mol. The SMILES string of the molecule is COc1cc2c(cc1O)N(I)[C@@H](O)[C@@H]1Cc3ccccc3CN1C2=O. The zero-order chi connectivity index (χ0) is 17.7. The van der Waals surface area contributed by atoms with E-state index in [0.717, 1.165) is 11.1 Å². The topological polar surface area (TPSA) is 73.2 Å². The van der Waals surface area contributed by atoms with Crippen LogP contribution in [0.1, 0.15) is 21.5 Å². The zero-order valence-corrected chi connectivity index (χ0v) is 15.7. The quantitative estimate of drug-likeness (QED) is 0.514. The minimum atomic E-state index is -0.882. The van der Waals surface area contributed by atoms with Crippen LogP contribution in [0.4, 0.5) is 5.69 Å². The molecule has 0 saturated carbocycles. The molecule has 0 unspecified atom stereocenters. The van der Waals surface area contributed by atoms with Crippen molar-refractivity contribution in [3.8, 4) is 11.5 Å². The van der Waals surface area contributed by atoms with E-state index in [4.69, 9.17) is 4.74 Å². The number of ether oxygens (including phenoxy) is 1. The largest absolute Gasteiger partial charge is 0.504 e. The molecule has 0 aromatic heterocycles. The summed E-state index contributed by atoms with van der Waals surface area (Å²) < 4.78 is 6.76. The van der Waals surface area contributed by atoms with Crippen LogP contribution in [0.5, 0.6) is 11.5 Å². The third-order valence-electron chi connectivity index (χ3n) is 4.88. The average Bonchev–Trinajstić information content (AvgIpc) is 2.70. The van der Waals surface area contributed by atoms with Crippen molar-refractivity contribution in [2.75, 3.05) is 10.2 Å². The summed E-state index contributed by atoms with van der Waals surface area (Å²) in [5.74, 6) is -0.000609. The first-order chi connectivity index (χ1) is 12.0. The van der Waals surface area contributed by atoms with Gasteiger partial charge in [-0.1, -0.05) is 24.3 Å². The molecule has 1 amide bonds. The Kier molecular flexibility index (Phi) is 3.99. The van der Waals surface area contributed by atoms with E-state index in [0.29, 0.717) is 24.2 Å². The predicted octanol–water partition coefficient (Wildman–Crippen LogP) is 2.46. The Bertz CT molecular complexity index is 857. The first-order valence-corrected chi connectivity index (χ1v) is 8.89. The molecule has 0 spiro atoms. The summed E-state index contributed by atoms with van der Waals surface area (Å²) in [5.41, 5.74) is 3.13. The van der Waals surface area contributed by atoms with Crippen molar-refractivity contribution in [2.24, 2.45) is 0 Å². The highest BCUT2D eigenvalue weighted by molar-refractivity contribution is 14.1. The first kappa shape index (κ1) is 16.5. The summed E-state index contributed by atoms with van der Waals surface area (Å²) in [7, 11) is 1.44. The van der Waals surface area contributed by atoms with Crippen molar-refractivity contribution in [3.63, 3.8) is 0 Å². The van der Waals surface area contributed by atoms with Crippen LogP contribution < -0.4 is 7.85 Å². The molecule has 2 aromatic rings. The normalized spacial score (nSPS) is 22.0. The third kappa shape index (κ3) is 2.53. The number of hydrogen-bond acceptors (Lipinski definition) is 5. The number of aliphatic hydroxyl groups excluding tert-OH is 1. The van der Waals surface area contributed by atoms with Crippen LogP contribution in [-0.4, -0.2) is 40.4 Å². The van der Waals surface area contributed by atoms with Gasteiger partial charge in [-0.05, 0) is 23.6 Å². The van der Waals surface area contributed by atoms with E-state index >= 15 is 0 Å². The van der Waals surface area contributed by atoms with Gasteiger partial charge in [0.15, 0.2) is 17.7 Å². The lowest BCUT2D eigenvalue weighted by atomic mass is 9.93. The van der Waals surface area contributed by atoms with E-state index in [-0.39, 0.29) is 23.4 Å². The number of amides is 1. The van der Waals surface area contributed by atoms with Gasteiger partial charge in [0.1, 0.15) is 0 Å². The Labute approximate surface area is 159 Å². The summed E-state index contributed by atoms with van der Waals surface area (Å²) in [6.07, 6.45) is -0.299. The molecular weight excluding hydrogens is 435 g/mol. The van der Waals surface area contributed by atoms with Gasteiger partial charge in [-0.15, -0.1) is 0 Å². The highest BCUT2D eigenvalue weighted by Gasteiger charge is 2.42. The molecule has 0 radical (unpaired) electrons. The van der Waals surface area contributed by atoms with Crippen LogP contribution in [0.25, 0.3) is 0 Å². The molecule has 7 heteroatoms.